The van der Waals surface area contributed by atoms with E-state index in [0.717, 1.165) is 25.1 Å². The number of ether oxygens (including phenoxy) is 2. The molecule has 1 aromatic rings. The molecule has 0 saturated carbocycles. The second kappa shape index (κ2) is 7.26. The maximum absolute atomic E-state index is 11.0. The van der Waals surface area contributed by atoms with E-state index in [1.54, 1.807) is 12.1 Å². The smallest absolute Gasteiger partial charge is 0.311 e. The molecule has 0 bridgehead atoms. The van der Waals surface area contributed by atoms with Crippen molar-refractivity contribution >= 4 is 11.4 Å². The summed E-state index contributed by atoms with van der Waals surface area (Å²) >= 11 is 0. The summed E-state index contributed by atoms with van der Waals surface area (Å²) in [5.74, 6) is 0.296. The monoisotopic (exact) mass is 294 g/mol. The Morgan fingerprint density at radius 2 is 2.29 bits per heavy atom. The van der Waals surface area contributed by atoms with Gasteiger partial charge in [0.25, 0.3) is 0 Å². The first-order valence-electron chi connectivity index (χ1n) is 7.37. The molecule has 1 fully saturated rings. The molecule has 1 aromatic carbocycles. The van der Waals surface area contributed by atoms with Gasteiger partial charge >= 0.3 is 5.69 Å². The van der Waals surface area contributed by atoms with E-state index in [2.05, 4.69) is 5.32 Å². The highest BCUT2D eigenvalue weighted by Crippen LogP contribution is 2.31. The van der Waals surface area contributed by atoms with E-state index in [1.165, 1.54) is 12.5 Å². The van der Waals surface area contributed by atoms with Crippen LogP contribution >= 0.6 is 0 Å². The molecular weight excluding hydrogens is 272 g/mol. The number of nitrogens with zero attached hydrogens (tertiary/aromatic N) is 1. The van der Waals surface area contributed by atoms with Gasteiger partial charge in [0.2, 0.25) is 0 Å². The van der Waals surface area contributed by atoms with Gasteiger partial charge in [-0.1, -0.05) is 0 Å². The van der Waals surface area contributed by atoms with Crippen LogP contribution in [0.15, 0.2) is 18.2 Å². The number of hydrogen-bond donors (Lipinski definition) is 1. The minimum atomic E-state index is -0.425. The van der Waals surface area contributed by atoms with Crippen molar-refractivity contribution in [2.75, 3.05) is 18.5 Å². The van der Waals surface area contributed by atoms with E-state index < -0.39 is 4.92 Å². The van der Waals surface area contributed by atoms with Crippen LogP contribution in [0.5, 0.6) is 5.75 Å². The van der Waals surface area contributed by atoms with Gasteiger partial charge in [0.1, 0.15) is 0 Å². The first-order chi connectivity index (χ1) is 10.1. The minimum Gasteiger partial charge on any atom is -0.484 e. The normalized spacial score (nSPS) is 18.5. The fraction of sp³-hybridized carbons (Fsp3) is 0.600. The molecule has 6 nitrogen and oxygen atoms in total. The molecule has 1 saturated heterocycles. The molecule has 2 rings (SSSR count). The van der Waals surface area contributed by atoms with Gasteiger partial charge in [-0.2, -0.15) is 0 Å². The molecule has 6 heteroatoms. The van der Waals surface area contributed by atoms with Crippen LogP contribution in [-0.2, 0) is 4.74 Å². The number of nitro groups is 1. The van der Waals surface area contributed by atoms with Crippen LogP contribution in [0.3, 0.4) is 0 Å². The van der Waals surface area contributed by atoms with Crippen molar-refractivity contribution in [1.29, 1.82) is 0 Å². The zero-order chi connectivity index (χ0) is 15.2. The average molecular weight is 294 g/mol. The van der Waals surface area contributed by atoms with E-state index in [1.807, 2.05) is 13.8 Å². The second-order valence-electron chi connectivity index (χ2n) is 5.48. The third kappa shape index (κ3) is 4.60. The molecule has 0 spiro atoms. The highest BCUT2D eigenvalue weighted by Gasteiger charge is 2.18. The summed E-state index contributed by atoms with van der Waals surface area (Å²) in [6.07, 6.45) is 3.47. The molecule has 0 aliphatic carbocycles. The fourth-order valence-electron chi connectivity index (χ4n) is 2.32. The minimum absolute atomic E-state index is 0.0110. The van der Waals surface area contributed by atoms with E-state index in [4.69, 9.17) is 9.47 Å². The predicted octanol–water partition coefficient (Wildman–Crippen LogP) is 3.36. The summed E-state index contributed by atoms with van der Waals surface area (Å²) in [4.78, 5) is 10.6. The van der Waals surface area contributed by atoms with Gasteiger partial charge in [0, 0.05) is 31.0 Å². The predicted molar refractivity (Wildman–Crippen MR) is 80.9 cm³/mol. The van der Waals surface area contributed by atoms with Gasteiger partial charge < -0.3 is 14.8 Å². The standard InChI is InChI=1S/C15H22N2O4/c1-11(2)21-15-9-12(6-7-14(15)17(18)19)16-10-13-5-3-4-8-20-13/h6-7,9,11,13,16H,3-5,8,10H2,1-2H3. The van der Waals surface area contributed by atoms with Crippen molar-refractivity contribution in [3.8, 4) is 5.75 Å². The molecule has 0 radical (unpaired) electrons. The molecule has 1 heterocycles. The average Bonchev–Trinajstić information content (AvgIpc) is 2.45. The Kier molecular flexibility index (Phi) is 5.38. The molecule has 1 unspecified atom stereocenters. The Bertz CT molecular complexity index is 485. The quantitative estimate of drug-likeness (QED) is 0.643. The van der Waals surface area contributed by atoms with E-state index >= 15 is 0 Å². The zero-order valence-corrected chi connectivity index (χ0v) is 12.5. The number of anilines is 1. The molecule has 1 N–H and O–H groups in total. The first kappa shape index (κ1) is 15.6. The lowest BCUT2D eigenvalue weighted by Gasteiger charge is -2.23. The highest BCUT2D eigenvalue weighted by molar-refractivity contribution is 5.58. The van der Waals surface area contributed by atoms with Gasteiger partial charge in [-0.15, -0.1) is 0 Å². The van der Waals surface area contributed by atoms with Crippen LogP contribution in [0, 0.1) is 10.1 Å². The first-order valence-corrected chi connectivity index (χ1v) is 7.37. The number of nitro benzene ring substituents is 1. The summed E-state index contributed by atoms with van der Waals surface area (Å²) in [5, 5.41) is 14.3. The molecule has 21 heavy (non-hydrogen) atoms. The summed E-state index contributed by atoms with van der Waals surface area (Å²) in [6.45, 7) is 5.21. The third-order valence-electron chi connectivity index (χ3n) is 3.33. The maximum Gasteiger partial charge on any atom is 0.311 e. The highest BCUT2D eigenvalue weighted by atomic mass is 16.6. The molecule has 1 atom stereocenters. The van der Waals surface area contributed by atoms with Gasteiger partial charge in [-0.05, 0) is 39.2 Å². The summed E-state index contributed by atoms with van der Waals surface area (Å²) in [7, 11) is 0. The topological polar surface area (TPSA) is 73.6 Å². The third-order valence-corrected chi connectivity index (χ3v) is 3.33. The van der Waals surface area contributed by atoms with E-state index in [9.17, 15) is 10.1 Å². The zero-order valence-electron chi connectivity index (χ0n) is 12.5. The Hall–Kier alpha value is -1.82. The number of benzene rings is 1. The molecule has 0 aromatic heterocycles. The number of nitrogens with one attached hydrogen (secondary N) is 1. The van der Waals surface area contributed by atoms with Gasteiger partial charge in [0.05, 0.1) is 17.1 Å². The SMILES string of the molecule is CC(C)Oc1cc(NCC2CCCCO2)ccc1[N+](=O)[O-]. The van der Waals surface area contributed by atoms with Crippen LogP contribution in [0.25, 0.3) is 0 Å². The van der Waals surface area contributed by atoms with Crippen LogP contribution < -0.4 is 10.1 Å². The van der Waals surface area contributed by atoms with Crippen molar-refractivity contribution in [1.82, 2.24) is 0 Å². The van der Waals surface area contributed by atoms with Crippen LogP contribution in [-0.4, -0.2) is 30.3 Å². The Morgan fingerprint density at radius 1 is 1.48 bits per heavy atom. The molecule has 0 amide bonds. The number of rotatable bonds is 6. The van der Waals surface area contributed by atoms with Crippen molar-refractivity contribution in [2.45, 2.75) is 45.3 Å². The number of hydrogen-bond acceptors (Lipinski definition) is 5. The van der Waals surface area contributed by atoms with E-state index in [-0.39, 0.29) is 17.9 Å². The van der Waals surface area contributed by atoms with Crippen LogP contribution in [0.2, 0.25) is 0 Å². The summed E-state index contributed by atoms with van der Waals surface area (Å²) in [5.41, 5.74) is 0.800. The maximum atomic E-state index is 11.0. The van der Waals surface area contributed by atoms with Crippen molar-refractivity contribution in [3.63, 3.8) is 0 Å². The lowest BCUT2D eigenvalue weighted by Crippen LogP contribution is -2.26. The fourth-order valence-corrected chi connectivity index (χ4v) is 2.32. The van der Waals surface area contributed by atoms with Gasteiger partial charge in [-0.3, -0.25) is 10.1 Å². The van der Waals surface area contributed by atoms with Crippen molar-refractivity contribution < 1.29 is 14.4 Å². The van der Waals surface area contributed by atoms with Gasteiger partial charge in [0.15, 0.2) is 5.75 Å². The van der Waals surface area contributed by atoms with Crippen molar-refractivity contribution in [2.24, 2.45) is 0 Å². The molecule has 116 valence electrons. The van der Waals surface area contributed by atoms with E-state index in [0.29, 0.717) is 12.3 Å². The van der Waals surface area contributed by atoms with Gasteiger partial charge in [-0.25, -0.2) is 0 Å². The molecular formula is C15H22N2O4. The van der Waals surface area contributed by atoms with Crippen LogP contribution in [0.4, 0.5) is 11.4 Å². The Labute approximate surface area is 124 Å². The molecule has 1 aliphatic heterocycles. The largest absolute Gasteiger partial charge is 0.484 e. The molecule has 1 aliphatic rings. The Morgan fingerprint density at radius 3 is 2.90 bits per heavy atom. The summed E-state index contributed by atoms with van der Waals surface area (Å²) < 4.78 is 11.2. The Balaban J connectivity index is 2.03. The lowest BCUT2D eigenvalue weighted by atomic mass is 10.1. The summed E-state index contributed by atoms with van der Waals surface area (Å²) in [6, 6.07) is 4.86. The lowest BCUT2D eigenvalue weighted by molar-refractivity contribution is -0.386. The second-order valence-corrected chi connectivity index (χ2v) is 5.48. The van der Waals surface area contributed by atoms with Crippen molar-refractivity contribution in [3.05, 3.63) is 28.3 Å². The van der Waals surface area contributed by atoms with Crippen LogP contribution in [0.1, 0.15) is 33.1 Å².